The first-order valence-electron chi connectivity index (χ1n) is 5.42. The molecule has 0 aliphatic rings. The van der Waals surface area contributed by atoms with Gasteiger partial charge in [0.05, 0.1) is 11.0 Å². The maximum atomic E-state index is 6.16. The van der Waals surface area contributed by atoms with Crippen molar-refractivity contribution in [3.63, 3.8) is 0 Å². The average Bonchev–Trinajstić information content (AvgIpc) is 2.75. The van der Waals surface area contributed by atoms with Gasteiger partial charge in [-0.2, -0.15) is 0 Å². The van der Waals surface area contributed by atoms with Crippen LogP contribution < -0.4 is 11.3 Å². The van der Waals surface area contributed by atoms with E-state index in [4.69, 9.17) is 29.0 Å². The van der Waals surface area contributed by atoms with Gasteiger partial charge < -0.3 is 0 Å². The highest BCUT2D eigenvalue weighted by molar-refractivity contribution is 7.11. The minimum absolute atomic E-state index is 0.00914. The van der Waals surface area contributed by atoms with E-state index in [9.17, 15) is 0 Å². The fourth-order valence-corrected chi connectivity index (χ4v) is 3.02. The number of hydrogen-bond acceptors (Lipinski definition) is 4. The number of nitrogens with zero attached hydrogens (tertiary/aromatic N) is 1. The first-order valence-corrected chi connectivity index (χ1v) is 6.99. The van der Waals surface area contributed by atoms with Crippen LogP contribution >= 0.6 is 34.5 Å². The molecule has 0 bridgehead atoms. The molecule has 2 rings (SSSR count). The van der Waals surface area contributed by atoms with E-state index in [2.05, 4.69) is 10.4 Å². The Morgan fingerprint density at radius 1 is 1.44 bits per heavy atom. The largest absolute Gasteiger partial charge is 0.271 e. The molecule has 1 heterocycles. The molecule has 1 aromatic carbocycles. The molecular formula is C12H13Cl2N3S. The SMILES string of the molecule is Cc1ncc(C(Cc2ccc(Cl)cc2Cl)NN)s1. The Labute approximate surface area is 120 Å². The van der Waals surface area contributed by atoms with Gasteiger partial charge in [-0.25, -0.2) is 4.98 Å². The number of halogens is 2. The molecule has 0 saturated carbocycles. The van der Waals surface area contributed by atoms with Crippen LogP contribution in [0.1, 0.15) is 21.5 Å². The lowest BCUT2D eigenvalue weighted by molar-refractivity contribution is 0.560. The average molecular weight is 302 g/mol. The normalized spacial score (nSPS) is 12.7. The van der Waals surface area contributed by atoms with E-state index in [1.54, 1.807) is 17.4 Å². The molecule has 0 radical (unpaired) electrons. The summed E-state index contributed by atoms with van der Waals surface area (Å²) in [6.07, 6.45) is 2.54. The van der Waals surface area contributed by atoms with Crippen LogP contribution in [0.4, 0.5) is 0 Å². The summed E-state index contributed by atoms with van der Waals surface area (Å²) < 4.78 is 0. The molecule has 6 heteroatoms. The van der Waals surface area contributed by atoms with Gasteiger partial charge in [-0.3, -0.25) is 11.3 Å². The number of hydrogen-bond donors (Lipinski definition) is 2. The second-order valence-corrected chi connectivity index (χ2v) is 6.05. The van der Waals surface area contributed by atoms with E-state index in [1.807, 2.05) is 25.3 Å². The zero-order valence-electron chi connectivity index (χ0n) is 9.78. The van der Waals surface area contributed by atoms with Crippen molar-refractivity contribution in [2.75, 3.05) is 0 Å². The Balaban J connectivity index is 2.20. The molecule has 1 aromatic heterocycles. The van der Waals surface area contributed by atoms with E-state index in [1.165, 1.54) is 0 Å². The summed E-state index contributed by atoms with van der Waals surface area (Å²) in [5.74, 6) is 5.60. The first-order chi connectivity index (χ1) is 8.60. The van der Waals surface area contributed by atoms with Gasteiger partial charge in [0.2, 0.25) is 0 Å². The third kappa shape index (κ3) is 3.22. The Hall–Kier alpha value is -0.650. The molecule has 18 heavy (non-hydrogen) atoms. The van der Waals surface area contributed by atoms with Crippen LogP contribution in [-0.2, 0) is 6.42 Å². The summed E-state index contributed by atoms with van der Waals surface area (Å²) in [7, 11) is 0. The highest BCUT2D eigenvalue weighted by Gasteiger charge is 2.15. The van der Waals surface area contributed by atoms with Crippen LogP contribution in [0.3, 0.4) is 0 Å². The first kappa shape index (κ1) is 13.8. The monoisotopic (exact) mass is 301 g/mol. The molecule has 1 atom stereocenters. The minimum Gasteiger partial charge on any atom is -0.271 e. The number of rotatable bonds is 4. The Morgan fingerprint density at radius 2 is 2.22 bits per heavy atom. The molecule has 0 amide bonds. The number of nitrogens with one attached hydrogen (secondary N) is 1. The summed E-state index contributed by atoms with van der Waals surface area (Å²) in [5.41, 5.74) is 3.81. The molecule has 3 N–H and O–H groups in total. The van der Waals surface area contributed by atoms with Gasteiger partial charge in [0.15, 0.2) is 0 Å². The van der Waals surface area contributed by atoms with Crippen LogP contribution in [0.25, 0.3) is 0 Å². The zero-order chi connectivity index (χ0) is 13.1. The number of aryl methyl sites for hydroxylation is 1. The predicted molar refractivity (Wildman–Crippen MR) is 77.1 cm³/mol. The third-order valence-corrected chi connectivity index (χ3v) is 4.24. The highest BCUT2D eigenvalue weighted by Crippen LogP contribution is 2.28. The standard InChI is InChI=1S/C12H13Cl2N3S/c1-7-16-6-12(18-7)11(17-15)4-8-2-3-9(13)5-10(8)14/h2-3,5-6,11,17H,4,15H2,1H3. The molecule has 96 valence electrons. The maximum Gasteiger partial charge on any atom is 0.0897 e. The van der Waals surface area contributed by atoms with E-state index in [-0.39, 0.29) is 6.04 Å². The summed E-state index contributed by atoms with van der Waals surface area (Å²) >= 11 is 13.7. The smallest absolute Gasteiger partial charge is 0.0897 e. The summed E-state index contributed by atoms with van der Waals surface area (Å²) in [6, 6.07) is 5.50. The van der Waals surface area contributed by atoms with Gasteiger partial charge in [-0.15, -0.1) is 11.3 Å². The van der Waals surface area contributed by atoms with Crippen molar-refractivity contribution >= 4 is 34.5 Å². The van der Waals surface area contributed by atoms with E-state index < -0.39 is 0 Å². The van der Waals surface area contributed by atoms with Gasteiger partial charge in [0.25, 0.3) is 0 Å². The number of thiazole rings is 1. The number of hydrazine groups is 1. The topological polar surface area (TPSA) is 50.9 Å². The predicted octanol–water partition coefficient (Wildman–Crippen LogP) is 3.51. The molecule has 0 aliphatic carbocycles. The van der Waals surface area contributed by atoms with Crippen LogP contribution in [-0.4, -0.2) is 4.98 Å². The minimum atomic E-state index is 0.00914. The summed E-state index contributed by atoms with van der Waals surface area (Å²) in [5, 5.41) is 2.31. The second-order valence-electron chi connectivity index (χ2n) is 3.94. The lowest BCUT2D eigenvalue weighted by Gasteiger charge is -2.14. The lowest BCUT2D eigenvalue weighted by atomic mass is 10.1. The van der Waals surface area contributed by atoms with Gasteiger partial charge in [0.1, 0.15) is 0 Å². The van der Waals surface area contributed by atoms with Crippen LogP contribution in [0.15, 0.2) is 24.4 Å². The van der Waals surface area contributed by atoms with Crippen molar-refractivity contribution in [3.8, 4) is 0 Å². The molecule has 0 saturated heterocycles. The maximum absolute atomic E-state index is 6.16. The fourth-order valence-electron chi connectivity index (χ4n) is 1.69. The number of aromatic nitrogens is 1. The molecule has 1 unspecified atom stereocenters. The number of benzene rings is 1. The Morgan fingerprint density at radius 3 is 2.78 bits per heavy atom. The highest BCUT2D eigenvalue weighted by atomic mass is 35.5. The fraction of sp³-hybridized carbons (Fsp3) is 0.250. The van der Waals surface area contributed by atoms with Gasteiger partial charge in [0, 0.05) is 21.1 Å². The van der Waals surface area contributed by atoms with Gasteiger partial charge >= 0.3 is 0 Å². The zero-order valence-corrected chi connectivity index (χ0v) is 12.1. The third-order valence-electron chi connectivity index (χ3n) is 2.62. The number of nitrogens with two attached hydrogens (primary N) is 1. The van der Waals surface area contributed by atoms with E-state index in [0.717, 1.165) is 15.4 Å². The van der Waals surface area contributed by atoms with Gasteiger partial charge in [-0.1, -0.05) is 29.3 Å². The molecule has 0 fully saturated rings. The molecule has 0 spiro atoms. The quantitative estimate of drug-likeness (QED) is 0.671. The molecule has 2 aromatic rings. The van der Waals surface area contributed by atoms with Crippen molar-refractivity contribution in [2.24, 2.45) is 5.84 Å². The summed E-state index contributed by atoms with van der Waals surface area (Å²) in [6.45, 7) is 1.97. The van der Waals surface area contributed by atoms with Crippen molar-refractivity contribution in [3.05, 3.63) is 49.9 Å². The van der Waals surface area contributed by atoms with Crippen LogP contribution in [0.2, 0.25) is 10.0 Å². The van der Waals surface area contributed by atoms with Crippen molar-refractivity contribution < 1.29 is 0 Å². The molecule has 3 nitrogen and oxygen atoms in total. The van der Waals surface area contributed by atoms with Crippen LogP contribution in [0.5, 0.6) is 0 Å². The van der Waals surface area contributed by atoms with Crippen molar-refractivity contribution in [1.82, 2.24) is 10.4 Å². The lowest BCUT2D eigenvalue weighted by Crippen LogP contribution is -2.29. The van der Waals surface area contributed by atoms with E-state index in [0.29, 0.717) is 16.5 Å². The van der Waals surface area contributed by atoms with Crippen molar-refractivity contribution in [1.29, 1.82) is 0 Å². The van der Waals surface area contributed by atoms with Crippen LogP contribution in [0, 0.1) is 6.92 Å². The second kappa shape index (κ2) is 5.99. The molecule has 0 aliphatic heterocycles. The molecular weight excluding hydrogens is 289 g/mol. The van der Waals surface area contributed by atoms with Gasteiger partial charge in [-0.05, 0) is 31.0 Å². The summed E-state index contributed by atoms with van der Waals surface area (Å²) in [4.78, 5) is 5.33. The van der Waals surface area contributed by atoms with Crippen molar-refractivity contribution in [2.45, 2.75) is 19.4 Å². The van der Waals surface area contributed by atoms with E-state index >= 15 is 0 Å². The Kier molecular flexibility index (Phi) is 4.59. The Bertz CT molecular complexity index is 542.